The van der Waals surface area contributed by atoms with E-state index in [1.165, 1.54) is 25.1 Å². The number of piperidine rings is 1. The summed E-state index contributed by atoms with van der Waals surface area (Å²) in [6, 6.07) is 3.20. The first-order chi connectivity index (χ1) is 14.0. The Hall–Kier alpha value is -2.81. The van der Waals surface area contributed by atoms with Gasteiger partial charge in [0.05, 0.1) is 11.9 Å². The van der Waals surface area contributed by atoms with Crippen molar-refractivity contribution < 1.29 is 19.8 Å². The number of nitrogens with one attached hydrogen (secondary N) is 3. The molecule has 0 atom stereocenters. The molecule has 4 rings (SSSR count). The van der Waals surface area contributed by atoms with Crippen LogP contribution in [0.2, 0.25) is 0 Å². The highest BCUT2D eigenvalue weighted by Crippen LogP contribution is 2.30. The Bertz CT molecular complexity index is 890. The highest BCUT2D eigenvalue weighted by atomic mass is 19.1. The van der Waals surface area contributed by atoms with Crippen LogP contribution in [0.5, 0.6) is 0 Å². The Morgan fingerprint density at radius 2 is 1.83 bits per heavy atom. The van der Waals surface area contributed by atoms with Crippen molar-refractivity contribution in [2.45, 2.75) is 31.7 Å². The number of anilines is 1. The fourth-order valence-electron chi connectivity index (χ4n) is 3.64. The van der Waals surface area contributed by atoms with Gasteiger partial charge >= 0.3 is 0 Å². The van der Waals surface area contributed by atoms with Crippen LogP contribution in [-0.4, -0.2) is 52.6 Å². The molecule has 1 aliphatic carbocycles. The molecule has 2 amide bonds. The van der Waals surface area contributed by atoms with E-state index >= 15 is 0 Å². The Morgan fingerprint density at radius 1 is 1.14 bits per heavy atom. The van der Waals surface area contributed by atoms with E-state index in [-0.39, 0.29) is 18.8 Å². The second-order valence-corrected chi connectivity index (χ2v) is 7.70. The quantitative estimate of drug-likeness (QED) is 0.689. The van der Waals surface area contributed by atoms with Crippen molar-refractivity contribution in [2.24, 2.45) is 5.92 Å². The number of aromatic nitrogens is 2. The van der Waals surface area contributed by atoms with Gasteiger partial charge in [-0.2, -0.15) is 5.10 Å². The number of hydrogen-bond donors (Lipinski definition) is 3. The number of rotatable bonds is 6. The third-order valence-corrected chi connectivity index (χ3v) is 5.44. The number of nitrogens with zero attached hydrogens (tertiary/aromatic N) is 2. The zero-order valence-corrected chi connectivity index (χ0v) is 15.9. The molecule has 1 saturated carbocycles. The van der Waals surface area contributed by atoms with Crippen LogP contribution in [0.25, 0.3) is 0 Å². The smallest absolute Gasteiger partial charge is 0.271 e. The molecule has 0 radical (unpaired) electrons. The van der Waals surface area contributed by atoms with Crippen LogP contribution in [0.3, 0.4) is 0 Å². The topological polar surface area (TPSA) is 90.1 Å². The maximum atomic E-state index is 13.8. The summed E-state index contributed by atoms with van der Waals surface area (Å²) in [7, 11) is 0. The highest BCUT2D eigenvalue weighted by molar-refractivity contribution is 6.08. The molecule has 2 aromatic rings. The number of carbonyl (C=O) groups excluding carboxylic acids is 2. The first-order valence-corrected chi connectivity index (χ1v) is 9.83. The summed E-state index contributed by atoms with van der Waals surface area (Å²) in [6.07, 6.45) is 5.59. The molecule has 9 heteroatoms. The fraction of sp³-hybridized carbons (Fsp3) is 0.450. The average Bonchev–Trinajstić information content (AvgIpc) is 3.38. The minimum Gasteiger partial charge on any atom is -0.348 e. The summed E-state index contributed by atoms with van der Waals surface area (Å²) < 4.78 is 27.6. The maximum absolute atomic E-state index is 13.8. The van der Waals surface area contributed by atoms with E-state index in [2.05, 4.69) is 25.7 Å². The van der Waals surface area contributed by atoms with Gasteiger partial charge in [-0.25, -0.2) is 8.78 Å². The number of benzene rings is 1. The van der Waals surface area contributed by atoms with Crippen molar-refractivity contribution in [1.29, 1.82) is 0 Å². The van der Waals surface area contributed by atoms with Crippen LogP contribution in [0.1, 0.15) is 48.0 Å². The van der Waals surface area contributed by atoms with E-state index in [1.807, 2.05) is 0 Å². The number of amides is 2. The van der Waals surface area contributed by atoms with Gasteiger partial charge in [0.1, 0.15) is 22.9 Å². The van der Waals surface area contributed by atoms with Crippen molar-refractivity contribution in [3.05, 3.63) is 47.3 Å². The lowest BCUT2D eigenvalue weighted by Crippen LogP contribution is -2.45. The molecule has 3 N–H and O–H groups in total. The second-order valence-electron chi connectivity index (χ2n) is 7.70. The van der Waals surface area contributed by atoms with E-state index in [0.29, 0.717) is 0 Å². The molecule has 1 aromatic heterocycles. The zero-order chi connectivity index (χ0) is 20.4. The number of H-pyrrole nitrogens is 1. The van der Waals surface area contributed by atoms with Crippen molar-refractivity contribution in [3.8, 4) is 0 Å². The molecule has 1 aromatic carbocycles. The molecular formula is C20H25F2N5O2. The lowest BCUT2D eigenvalue weighted by atomic mass is 10.0. The Labute approximate surface area is 168 Å². The predicted octanol–water partition coefficient (Wildman–Crippen LogP) is 2.79. The van der Waals surface area contributed by atoms with Crippen LogP contribution in [0.15, 0.2) is 24.4 Å². The summed E-state index contributed by atoms with van der Waals surface area (Å²) >= 11 is 0. The maximum Gasteiger partial charge on any atom is 0.271 e. The second kappa shape index (κ2) is 8.28. The number of hydrogen-bond acceptors (Lipinski definition) is 4. The van der Waals surface area contributed by atoms with Crippen molar-refractivity contribution in [1.82, 2.24) is 20.4 Å². The van der Waals surface area contributed by atoms with Crippen LogP contribution in [0, 0.1) is 17.6 Å². The fourth-order valence-corrected chi connectivity index (χ4v) is 3.64. The Balaban J connectivity index is 0.00000256. The van der Waals surface area contributed by atoms with Gasteiger partial charge < -0.3 is 15.5 Å². The average molecular weight is 405 g/mol. The van der Waals surface area contributed by atoms with Crippen LogP contribution in [-0.2, 0) is 0 Å². The number of carbonyl (C=O) groups is 2. The van der Waals surface area contributed by atoms with Gasteiger partial charge in [0.15, 0.2) is 0 Å². The van der Waals surface area contributed by atoms with Gasteiger partial charge in [0.2, 0.25) is 0 Å². The van der Waals surface area contributed by atoms with Gasteiger partial charge in [-0.05, 0) is 43.7 Å². The van der Waals surface area contributed by atoms with E-state index < -0.39 is 29.0 Å². The summed E-state index contributed by atoms with van der Waals surface area (Å²) in [4.78, 5) is 27.3. The molecule has 2 aliphatic rings. The van der Waals surface area contributed by atoms with Crippen molar-refractivity contribution in [3.63, 3.8) is 0 Å². The van der Waals surface area contributed by atoms with Gasteiger partial charge in [-0.3, -0.25) is 14.7 Å². The summed E-state index contributed by atoms with van der Waals surface area (Å²) in [5.41, 5.74) is -0.583. The Kier molecular flexibility index (Phi) is 5.57. The molecule has 156 valence electrons. The Morgan fingerprint density at radius 3 is 2.48 bits per heavy atom. The van der Waals surface area contributed by atoms with Crippen LogP contribution in [0.4, 0.5) is 14.5 Å². The zero-order valence-electron chi connectivity index (χ0n) is 15.9. The van der Waals surface area contributed by atoms with E-state index in [4.69, 9.17) is 0 Å². The van der Waals surface area contributed by atoms with E-state index in [0.717, 1.165) is 50.5 Å². The standard InChI is InChI=1S/C20H23F2N5O2.H2/c21-14-2-1-3-15(22)17(14)19(28)25-16-10-23-26-18(16)20(29)24-13-6-8-27(9-7-13)11-12-4-5-12;/h1-3,10,12-13H,4-9,11H2,(H,23,26)(H,24,29)(H,25,28);1H. The van der Waals surface area contributed by atoms with Crippen LogP contribution < -0.4 is 10.6 Å². The SMILES string of the molecule is O=C(NC1CCN(CC2CC2)CC1)c1[nH]ncc1NC(=O)c1c(F)cccc1F.[HH]. The number of aromatic amines is 1. The van der Waals surface area contributed by atoms with Gasteiger partial charge in [-0.1, -0.05) is 6.07 Å². The first-order valence-electron chi connectivity index (χ1n) is 9.83. The normalized spacial score (nSPS) is 17.9. The molecule has 7 nitrogen and oxygen atoms in total. The molecule has 0 bridgehead atoms. The summed E-state index contributed by atoms with van der Waals surface area (Å²) in [5.74, 6) is -2.50. The van der Waals surface area contributed by atoms with Gasteiger partial charge in [-0.15, -0.1) is 0 Å². The minimum absolute atomic E-state index is 0. The molecule has 2 fully saturated rings. The van der Waals surface area contributed by atoms with Gasteiger partial charge in [0, 0.05) is 27.1 Å². The molecule has 0 unspecified atom stereocenters. The molecule has 29 heavy (non-hydrogen) atoms. The molecule has 1 saturated heterocycles. The minimum atomic E-state index is -0.982. The van der Waals surface area contributed by atoms with Crippen LogP contribution >= 0.6 is 0 Å². The third kappa shape index (κ3) is 4.61. The highest BCUT2D eigenvalue weighted by Gasteiger charge is 2.28. The first kappa shape index (κ1) is 19.5. The van der Waals surface area contributed by atoms with Crippen molar-refractivity contribution in [2.75, 3.05) is 25.0 Å². The lowest BCUT2D eigenvalue weighted by molar-refractivity contribution is 0.0905. The molecule has 0 spiro atoms. The lowest BCUT2D eigenvalue weighted by Gasteiger charge is -2.32. The van der Waals surface area contributed by atoms with E-state index in [9.17, 15) is 18.4 Å². The summed E-state index contributed by atoms with van der Waals surface area (Å²) in [5, 5.41) is 11.6. The summed E-state index contributed by atoms with van der Waals surface area (Å²) in [6.45, 7) is 3.03. The predicted molar refractivity (Wildman–Crippen MR) is 105 cm³/mol. The molecular weight excluding hydrogens is 380 g/mol. The monoisotopic (exact) mass is 405 g/mol. The third-order valence-electron chi connectivity index (χ3n) is 5.44. The van der Waals surface area contributed by atoms with E-state index in [1.54, 1.807) is 0 Å². The van der Waals surface area contributed by atoms with Crippen molar-refractivity contribution >= 4 is 17.5 Å². The molecule has 1 aliphatic heterocycles. The number of halogens is 2. The van der Waals surface area contributed by atoms with Gasteiger partial charge in [0.25, 0.3) is 11.8 Å². The number of likely N-dealkylation sites (tertiary alicyclic amines) is 1. The largest absolute Gasteiger partial charge is 0.348 e. The molecule has 2 heterocycles.